The topological polar surface area (TPSA) is 90.5 Å². The Labute approximate surface area is 134 Å². The summed E-state index contributed by atoms with van der Waals surface area (Å²) in [5.41, 5.74) is -1.74. The average molecular weight is 362 g/mol. The number of hydrogen-bond donors (Lipinski definition) is 2. The van der Waals surface area contributed by atoms with Crippen LogP contribution < -0.4 is 5.56 Å². The predicted octanol–water partition coefficient (Wildman–Crippen LogP) is 1.78. The van der Waals surface area contributed by atoms with E-state index in [9.17, 15) is 26.4 Å². The van der Waals surface area contributed by atoms with Crippen molar-refractivity contribution in [2.75, 3.05) is 13.6 Å². The lowest BCUT2D eigenvalue weighted by atomic mass is 9.91. The van der Waals surface area contributed by atoms with Crippen LogP contribution in [-0.2, 0) is 29.3 Å². The van der Waals surface area contributed by atoms with Gasteiger partial charge in [0.1, 0.15) is 0 Å². The number of fused-ring (bicyclic) bond motifs is 3. The number of nitrogens with zero attached hydrogens (tertiary/aromatic N) is 1. The number of H-pyrrole nitrogens is 1. The second-order valence-electron chi connectivity index (χ2n) is 5.77. The van der Waals surface area contributed by atoms with Crippen molar-refractivity contribution >= 4 is 21.0 Å². The fourth-order valence-electron chi connectivity index (χ4n) is 3.01. The maximum absolute atomic E-state index is 13.3. The molecule has 130 valence electrons. The number of benzene rings is 1. The molecule has 0 bridgehead atoms. The van der Waals surface area contributed by atoms with Crippen molar-refractivity contribution < 1.29 is 26.1 Å². The summed E-state index contributed by atoms with van der Waals surface area (Å²) in [6, 6.07) is 1.75. The van der Waals surface area contributed by atoms with Crippen molar-refractivity contribution in [2.45, 2.75) is 24.0 Å². The number of aromatic nitrogens is 1. The van der Waals surface area contributed by atoms with Gasteiger partial charge in [-0.1, -0.05) is 0 Å². The lowest BCUT2D eigenvalue weighted by molar-refractivity contribution is -0.138. The fraction of sp³-hybridized carbons (Fsp3) is 0.357. The first-order chi connectivity index (χ1) is 11.0. The molecule has 2 aromatic rings. The minimum absolute atomic E-state index is 0.0847. The molecule has 0 atom stereocenters. The Balaban J connectivity index is 2.44. The summed E-state index contributed by atoms with van der Waals surface area (Å²) in [6.07, 6.45) is -4.44. The predicted molar refractivity (Wildman–Crippen MR) is 79.4 cm³/mol. The van der Waals surface area contributed by atoms with Crippen molar-refractivity contribution in [3.8, 4) is 0 Å². The Morgan fingerprint density at radius 3 is 2.50 bits per heavy atom. The van der Waals surface area contributed by atoms with Gasteiger partial charge >= 0.3 is 6.18 Å². The van der Waals surface area contributed by atoms with Gasteiger partial charge in [-0.2, -0.15) is 21.6 Å². The molecule has 6 nitrogen and oxygen atoms in total. The van der Waals surface area contributed by atoms with Crippen molar-refractivity contribution in [3.63, 3.8) is 0 Å². The molecule has 0 amide bonds. The number of alkyl halides is 3. The van der Waals surface area contributed by atoms with Crippen molar-refractivity contribution in [3.05, 3.63) is 39.2 Å². The van der Waals surface area contributed by atoms with Gasteiger partial charge in [-0.3, -0.25) is 9.35 Å². The second kappa shape index (κ2) is 5.30. The summed E-state index contributed by atoms with van der Waals surface area (Å²) in [7, 11) is -3.06. The zero-order chi connectivity index (χ0) is 17.9. The van der Waals surface area contributed by atoms with Crippen LogP contribution in [0.1, 0.15) is 16.7 Å². The molecule has 2 heterocycles. The zero-order valence-corrected chi connectivity index (χ0v) is 13.3. The molecule has 2 N–H and O–H groups in total. The molecule has 0 saturated heterocycles. The third kappa shape index (κ3) is 2.80. The fourth-order valence-corrected chi connectivity index (χ4v) is 3.56. The van der Waals surface area contributed by atoms with Crippen LogP contribution in [-0.4, -0.2) is 36.4 Å². The molecular formula is C14H13F3N2O4S. The third-order valence-electron chi connectivity index (χ3n) is 4.10. The molecule has 1 aromatic heterocycles. The largest absolute Gasteiger partial charge is 0.416 e. The summed E-state index contributed by atoms with van der Waals surface area (Å²) in [5.74, 6) is 0. The van der Waals surface area contributed by atoms with E-state index in [1.54, 1.807) is 11.9 Å². The van der Waals surface area contributed by atoms with E-state index >= 15 is 0 Å². The van der Waals surface area contributed by atoms with Crippen LogP contribution in [0.3, 0.4) is 0 Å². The first-order valence-corrected chi connectivity index (χ1v) is 8.37. The molecule has 24 heavy (non-hydrogen) atoms. The van der Waals surface area contributed by atoms with E-state index in [0.717, 1.165) is 12.1 Å². The van der Waals surface area contributed by atoms with Gasteiger partial charge in [0.2, 0.25) is 0 Å². The second-order valence-corrected chi connectivity index (χ2v) is 7.16. The van der Waals surface area contributed by atoms with Gasteiger partial charge in [-0.15, -0.1) is 0 Å². The van der Waals surface area contributed by atoms with Crippen LogP contribution in [0.25, 0.3) is 10.9 Å². The van der Waals surface area contributed by atoms with Crippen LogP contribution in [0.4, 0.5) is 13.2 Å². The summed E-state index contributed by atoms with van der Waals surface area (Å²) >= 11 is 0. The molecule has 0 radical (unpaired) electrons. The SMILES string of the molecule is CN1CCc2c(C(F)(F)F)cc3[nH]c(=O)c(S(=O)(=O)O)cc3c2C1. The van der Waals surface area contributed by atoms with E-state index in [1.165, 1.54) is 0 Å². The molecule has 3 rings (SSSR count). The Morgan fingerprint density at radius 2 is 1.92 bits per heavy atom. The number of halogens is 3. The first-order valence-electron chi connectivity index (χ1n) is 6.93. The van der Waals surface area contributed by atoms with E-state index < -0.39 is 32.3 Å². The Morgan fingerprint density at radius 1 is 1.25 bits per heavy atom. The van der Waals surface area contributed by atoms with Gasteiger partial charge in [0, 0.05) is 24.0 Å². The van der Waals surface area contributed by atoms with E-state index in [1.807, 2.05) is 0 Å². The molecule has 0 unspecified atom stereocenters. The van der Waals surface area contributed by atoms with Crippen LogP contribution in [0.15, 0.2) is 21.8 Å². The molecule has 0 aliphatic carbocycles. The van der Waals surface area contributed by atoms with Gasteiger partial charge in [0.15, 0.2) is 4.90 Å². The highest BCUT2D eigenvalue weighted by Crippen LogP contribution is 2.38. The molecule has 1 aliphatic rings. The van der Waals surface area contributed by atoms with Gasteiger partial charge in [0.05, 0.1) is 5.56 Å². The molecule has 0 saturated carbocycles. The number of likely N-dealkylation sites (N-methyl/N-ethyl adjacent to an activating group) is 1. The number of aromatic amines is 1. The molecular weight excluding hydrogens is 349 g/mol. The van der Waals surface area contributed by atoms with E-state index in [2.05, 4.69) is 4.98 Å². The number of pyridine rings is 1. The Bertz CT molecular complexity index is 996. The maximum Gasteiger partial charge on any atom is 0.416 e. The van der Waals surface area contributed by atoms with Gasteiger partial charge in [0.25, 0.3) is 15.7 Å². The Kier molecular flexibility index (Phi) is 3.74. The lowest BCUT2D eigenvalue weighted by Gasteiger charge is -2.29. The summed E-state index contributed by atoms with van der Waals surface area (Å²) in [6.45, 7) is 0.600. The monoisotopic (exact) mass is 362 g/mol. The highest BCUT2D eigenvalue weighted by molar-refractivity contribution is 7.85. The van der Waals surface area contributed by atoms with Crippen LogP contribution >= 0.6 is 0 Å². The summed E-state index contributed by atoms with van der Waals surface area (Å²) in [5, 5.41) is 0.178. The highest BCUT2D eigenvalue weighted by Gasteiger charge is 2.36. The molecule has 1 aromatic carbocycles. The van der Waals surface area contributed by atoms with Crippen LogP contribution in [0, 0.1) is 0 Å². The van der Waals surface area contributed by atoms with Crippen LogP contribution in [0.5, 0.6) is 0 Å². The van der Waals surface area contributed by atoms with Crippen molar-refractivity contribution in [2.24, 2.45) is 0 Å². The molecule has 10 heteroatoms. The molecule has 0 spiro atoms. The first kappa shape index (κ1) is 16.9. The van der Waals surface area contributed by atoms with Crippen molar-refractivity contribution in [1.82, 2.24) is 9.88 Å². The maximum atomic E-state index is 13.3. The zero-order valence-electron chi connectivity index (χ0n) is 12.4. The lowest BCUT2D eigenvalue weighted by Crippen LogP contribution is -2.29. The number of rotatable bonds is 1. The van der Waals surface area contributed by atoms with Crippen molar-refractivity contribution in [1.29, 1.82) is 0 Å². The Hall–Kier alpha value is -1.91. The molecule has 1 aliphatic heterocycles. The average Bonchev–Trinajstić information content (AvgIpc) is 2.43. The van der Waals surface area contributed by atoms with Gasteiger partial charge in [-0.05, 0) is 36.7 Å². The van der Waals surface area contributed by atoms with Crippen LogP contribution in [0.2, 0.25) is 0 Å². The smallest absolute Gasteiger partial charge is 0.321 e. The summed E-state index contributed by atoms with van der Waals surface area (Å²) < 4.78 is 71.7. The summed E-state index contributed by atoms with van der Waals surface area (Å²) in [4.78, 5) is 14.8. The number of hydrogen-bond acceptors (Lipinski definition) is 4. The number of nitrogens with one attached hydrogen (secondary N) is 1. The van der Waals surface area contributed by atoms with Gasteiger partial charge in [-0.25, -0.2) is 0 Å². The van der Waals surface area contributed by atoms with E-state index in [4.69, 9.17) is 4.55 Å². The van der Waals surface area contributed by atoms with E-state index in [-0.39, 0.29) is 29.4 Å². The highest BCUT2D eigenvalue weighted by atomic mass is 32.2. The quantitative estimate of drug-likeness (QED) is 0.755. The third-order valence-corrected chi connectivity index (χ3v) is 4.95. The standard InChI is InChI=1S/C14H13F3N2O4S/c1-19-3-2-7-9(6-19)8-4-12(24(21,22)23)13(20)18-11(8)5-10(7)14(15,16)17/h4-5H,2-3,6H2,1H3,(H,18,20)(H,21,22,23). The minimum atomic E-state index is -4.78. The normalized spacial score (nSPS) is 16.4. The minimum Gasteiger partial charge on any atom is -0.321 e. The van der Waals surface area contributed by atoms with E-state index in [0.29, 0.717) is 12.1 Å². The van der Waals surface area contributed by atoms with Gasteiger partial charge < -0.3 is 9.88 Å². The molecule has 0 fully saturated rings.